The first kappa shape index (κ1) is 34.9. The first-order chi connectivity index (χ1) is 19.5. The summed E-state index contributed by atoms with van der Waals surface area (Å²) in [6, 6.07) is -3.62. The highest BCUT2D eigenvalue weighted by molar-refractivity contribution is 5.02. The summed E-state index contributed by atoms with van der Waals surface area (Å²) in [6.45, 7) is 2.04. The third kappa shape index (κ3) is 8.53. The van der Waals surface area contributed by atoms with E-state index in [1.165, 1.54) is 19.3 Å². The third-order valence-corrected chi connectivity index (χ3v) is 8.34. The minimum absolute atomic E-state index is 0.104. The molecule has 15 N–H and O–H groups in total. The lowest BCUT2D eigenvalue weighted by Crippen LogP contribution is -2.69. The quantitative estimate of drug-likeness (QED) is 0.0858. The fourth-order valence-electron chi connectivity index (χ4n) is 5.75. The normalized spacial score (nSPS) is 45.6. The molecule has 2 heterocycles. The van der Waals surface area contributed by atoms with E-state index in [2.05, 4.69) is 6.92 Å². The van der Waals surface area contributed by atoms with Crippen molar-refractivity contribution in [1.29, 1.82) is 0 Å². The molecule has 2 aliphatic heterocycles. The Bertz CT molecular complexity index is 757. The van der Waals surface area contributed by atoms with Crippen LogP contribution in [0.3, 0.4) is 0 Å². The number of unbranched alkanes of at least 4 members (excludes halogenated alkanes) is 5. The number of hydrogen-bond acceptors (Lipinski definition) is 15. The van der Waals surface area contributed by atoms with Crippen LogP contribution >= 0.6 is 0 Å². The Balaban J connectivity index is 1.61. The minimum Gasteiger partial charge on any atom is -0.394 e. The van der Waals surface area contributed by atoms with Crippen LogP contribution in [0.5, 0.6) is 0 Å². The average molecular weight is 596 g/mol. The van der Waals surface area contributed by atoms with Crippen molar-refractivity contribution in [3.05, 3.63) is 0 Å². The first-order valence-electron chi connectivity index (χ1n) is 14.8. The van der Waals surface area contributed by atoms with E-state index in [-0.39, 0.29) is 13.0 Å². The van der Waals surface area contributed by atoms with E-state index >= 15 is 0 Å². The van der Waals surface area contributed by atoms with Crippen LogP contribution in [-0.4, -0.2) is 137 Å². The predicted octanol–water partition coefficient (Wildman–Crippen LogP) is -3.94. The van der Waals surface area contributed by atoms with Crippen LogP contribution in [0.25, 0.3) is 0 Å². The van der Waals surface area contributed by atoms with Crippen LogP contribution < -0.4 is 28.7 Å². The Hall–Kier alpha value is -0.600. The van der Waals surface area contributed by atoms with Gasteiger partial charge in [0.2, 0.25) is 0 Å². The maximum Gasteiger partial charge on any atom is 0.186 e. The molecule has 15 heteroatoms. The van der Waals surface area contributed by atoms with Gasteiger partial charge in [0, 0.05) is 25.2 Å². The number of aliphatic hydroxyl groups excluding tert-OH is 5. The number of hydrogen-bond donors (Lipinski definition) is 10. The van der Waals surface area contributed by atoms with Crippen molar-refractivity contribution in [2.45, 2.75) is 144 Å². The molecule has 3 fully saturated rings. The first-order valence-corrected chi connectivity index (χ1v) is 14.8. The predicted molar refractivity (Wildman–Crippen MR) is 147 cm³/mol. The molecule has 1 aliphatic carbocycles. The van der Waals surface area contributed by atoms with E-state index in [1.807, 2.05) is 0 Å². The van der Waals surface area contributed by atoms with E-state index in [0.717, 1.165) is 19.3 Å². The van der Waals surface area contributed by atoms with Gasteiger partial charge in [-0.3, -0.25) is 0 Å². The Kier molecular flexibility index (Phi) is 14.0. The highest BCUT2D eigenvalue weighted by atomic mass is 16.7. The molecule has 3 rings (SSSR count). The molecule has 1 saturated carbocycles. The summed E-state index contributed by atoms with van der Waals surface area (Å²) in [6.07, 6.45) is -6.21. The van der Waals surface area contributed by atoms with Crippen molar-refractivity contribution in [2.24, 2.45) is 28.7 Å². The lowest BCUT2D eigenvalue weighted by molar-refractivity contribution is -0.321. The van der Waals surface area contributed by atoms with Crippen LogP contribution in [-0.2, 0) is 23.7 Å². The fourth-order valence-corrected chi connectivity index (χ4v) is 5.75. The fraction of sp³-hybridized carbons (Fsp3) is 1.00. The van der Waals surface area contributed by atoms with Crippen molar-refractivity contribution in [3.8, 4) is 0 Å². The van der Waals surface area contributed by atoms with Gasteiger partial charge in [-0.15, -0.1) is 0 Å². The Labute approximate surface area is 241 Å². The number of ether oxygens (including phenoxy) is 5. The number of nitrogens with two attached hydrogens (primary N) is 5. The zero-order valence-corrected chi connectivity index (χ0v) is 23.9. The van der Waals surface area contributed by atoms with Gasteiger partial charge >= 0.3 is 0 Å². The lowest BCUT2D eigenvalue weighted by atomic mass is 9.84. The molecule has 3 aliphatic rings. The summed E-state index contributed by atoms with van der Waals surface area (Å²) in [5.74, 6) is 0. The second kappa shape index (κ2) is 16.5. The molecule has 41 heavy (non-hydrogen) atoms. The van der Waals surface area contributed by atoms with E-state index in [0.29, 0.717) is 6.61 Å². The number of rotatable bonds is 14. The van der Waals surface area contributed by atoms with E-state index in [1.54, 1.807) is 0 Å². The van der Waals surface area contributed by atoms with E-state index in [4.69, 9.17) is 52.4 Å². The minimum atomic E-state index is -1.42. The largest absolute Gasteiger partial charge is 0.394 e. The molecular weight excluding hydrogens is 542 g/mol. The van der Waals surface area contributed by atoms with Gasteiger partial charge in [0.05, 0.1) is 18.7 Å². The van der Waals surface area contributed by atoms with Crippen LogP contribution in [0, 0.1) is 0 Å². The zero-order chi connectivity index (χ0) is 30.3. The Morgan fingerprint density at radius 1 is 0.683 bits per heavy atom. The molecule has 2 saturated heterocycles. The molecule has 242 valence electrons. The lowest BCUT2D eigenvalue weighted by Gasteiger charge is -2.48. The summed E-state index contributed by atoms with van der Waals surface area (Å²) in [5.41, 5.74) is 30.5. The van der Waals surface area contributed by atoms with Crippen LogP contribution in [0.1, 0.15) is 51.9 Å². The number of aliphatic hydroxyl groups is 5. The molecule has 0 aromatic rings. The van der Waals surface area contributed by atoms with Crippen molar-refractivity contribution in [1.82, 2.24) is 0 Å². The van der Waals surface area contributed by atoms with Crippen LogP contribution in [0.15, 0.2) is 0 Å². The van der Waals surface area contributed by atoms with Gasteiger partial charge in [0.1, 0.15) is 54.9 Å². The average Bonchev–Trinajstić information content (AvgIpc) is 2.95. The standard InChI is InChI=1S/C26H53N5O10/c1-2-3-4-5-6-7-8-37-24-15(11-32)39-26(20(35)16(24)30)41-23-13(29)9-12(28)22(21(23)36)40-25-17(31)19(34)18(33)14(10-27)38-25/h12-26,32-36H,2-11,27-31H2,1H3/t12-,13+,14+,15+,16+,17+,18+,19+,20+,21-,22+,23-,24+,25+,26+/m1/s1. The third-order valence-electron chi connectivity index (χ3n) is 8.34. The molecule has 0 amide bonds. The monoisotopic (exact) mass is 595 g/mol. The summed E-state index contributed by atoms with van der Waals surface area (Å²) < 4.78 is 29.3. The Morgan fingerprint density at radius 3 is 1.88 bits per heavy atom. The second-order valence-electron chi connectivity index (χ2n) is 11.5. The van der Waals surface area contributed by atoms with Gasteiger partial charge in [-0.05, 0) is 12.8 Å². The van der Waals surface area contributed by atoms with Gasteiger partial charge in [-0.1, -0.05) is 39.0 Å². The summed E-state index contributed by atoms with van der Waals surface area (Å²) >= 11 is 0. The molecule has 0 unspecified atom stereocenters. The maximum atomic E-state index is 11.2. The van der Waals surface area contributed by atoms with Gasteiger partial charge in [-0.2, -0.15) is 0 Å². The smallest absolute Gasteiger partial charge is 0.186 e. The summed E-state index contributed by atoms with van der Waals surface area (Å²) in [4.78, 5) is 0. The summed E-state index contributed by atoms with van der Waals surface area (Å²) in [5, 5.41) is 52.6. The zero-order valence-electron chi connectivity index (χ0n) is 23.9. The van der Waals surface area contributed by atoms with E-state index < -0.39 is 98.3 Å². The second-order valence-corrected chi connectivity index (χ2v) is 11.5. The molecule has 0 radical (unpaired) electrons. The van der Waals surface area contributed by atoms with Gasteiger partial charge in [0.25, 0.3) is 0 Å². The van der Waals surface area contributed by atoms with Crippen molar-refractivity contribution >= 4 is 0 Å². The molecule has 0 spiro atoms. The molecule has 0 bridgehead atoms. The SMILES string of the molecule is CCCCCCCCO[C@@H]1[C@@H](N)[C@H](O)[C@H](O[C@H]2[C@H](O)[C@@H](O[C@@H]3O[C@@H](CN)[C@H](O)[C@@H](O)[C@@H]3N)[C@H](N)C[C@@H]2N)O[C@H]1CO. The molecule has 15 nitrogen and oxygen atoms in total. The van der Waals surface area contributed by atoms with Crippen molar-refractivity contribution in [3.63, 3.8) is 0 Å². The molecular formula is C26H53N5O10. The highest BCUT2D eigenvalue weighted by Gasteiger charge is 2.51. The molecule has 0 aromatic heterocycles. The van der Waals surface area contributed by atoms with Gasteiger partial charge < -0.3 is 77.9 Å². The maximum absolute atomic E-state index is 11.2. The molecule has 0 aromatic carbocycles. The van der Waals surface area contributed by atoms with Crippen LogP contribution in [0.4, 0.5) is 0 Å². The van der Waals surface area contributed by atoms with Crippen molar-refractivity contribution in [2.75, 3.05) is 19.8 Å². The Morgan fingerprint density at radius 2 is 1.27 bits per heavy atom. The van der Waals surface area contributed by atoms with Gasteiger partial charge in [0.15, 0.2) is 12.6 Å². The molecule has 15 atom stereocenters. The van der Waals surface area contributed by atoms with Crippen molar-refractivity contribution < 1.29 is 49.2 Å². The van der Waals surface area contributed by atoms with Gasteiger partial charge in [-0.25, -0.2) is 0 Å². The topological polar surface area (TPSA) is 277 Å². The van der Waals surface area contributed by atoms with E-state index in [9.17, 15) is 25.5 Å². The van der Waals surface area contributed by atoms with Crippen LogP contribution in [0.2, 0.25) is 0 Å². The highest BCUT2D eigenvalue weighted by Crippen LogP contribution is 2.31. The summed E-state index contributed by atoms with van der Waals surface area (Å²) in [7, 11) is 0.